The summed E-state index contributed by atoms with van der Waals surface area (Å²) in [7, 11) is 3.73. The van der Waals surface area contributed by atoms with Crippen LogP contribution in [0.2, 0.25) is 0 Å². The van der Waals surface area contributed by atoms with Gasteiger partial charge in [0.15, 0.2) is 5.69 Å². The second-order valence-corrected chi connectivity index (χ2v) is 7.80. The van der Waals surface area contributed by atoms with Crippen molar-refractivity contribution in [3.63, 3.8) is 0 Å². The molecule has 1 aromatic carbocycles. The SMILES string of the molecule is CC1=C(c2cc(C(=O)Nc3c(F)cccc3F)nn2C)CN(Cc2cncn2C)CC1. The van der Waals surface area contributed by atoms with Crippen LogP contribution in [0.4, 0.5) is 14.5 Å². The number of carbonyl (C=O) groups excluding carboxylic acids is 1. The molecule has 0 fully saturated rings. The minimum atomic E-state index is -0.832. The summed E-state index contributed by atoms with van der Waals surface area (Å²) < 4.78 is 31.4. The number of rotatable bonds is 5. The minimum absolute atomic E-state index is 0.101. The van der Waals surface area contributed by atoms with Gasteiger partial charge in [-0.25, -0.2) is 13.8 Å². The number of para-hydroxylation sites is 1. The Balaban J connectivity index is 1.55. The number of hydrogen-bond acceptors (Lipinski definition) is 4. The number of carbonyl (C=O) groups is 1. The predicted molar refractivity (Wildman–Crippen MR) is 113 cm³/mol. The lowest BCUT2D eigenvalue weighted by Crippen LogP contribution is -2.31. The van der Waals surface area contributed by atoms with E-state index in [2.05, 4.69) is 27.2 Å². The summed E-state index contributed by atoms with van der Waals surface area (Å²) in [4.78, 5) is 19.1. The van der Waals surface area contributed by atoms with E-state index in [1.54, 1.807) is 24.1 Å². The zero-order valence-electron chi connectivity index (χ0n) is 17.7. The van der Waals surface area contributed by atoms with Crippen molar-refractivity contribution in [2.24, 2.45) is 14.1 Å². The molecule has 0 atom stereocenters. The molecule has 1 aliphatic heterocycles. The number of anilines is 1. The van der Waals surface area contributed by atoms with E-state index >= 15 is 0 Å². The molecule has 7 nitrogen and oxygen atoms in total. The molecule has 0 saturated carbocycles. The Morgan fingerprint density at radius 2 is 1.97 bits per heavy atom. The molecule has 0 aliphatic carbocycles. The fraction of sp³-hybridized carbons (Fsp3) is 0.318. The molecule has 1 N–H and O–H groups in total. The van der Waals surface area contributed by atoms with Crippen LogP contribution in [0.15, 0.2) is 42.4 Å². The number of amides is 1. The van der Waals surface area contributed by atoms with Crippen molar-refractivity contribution in [1.82, 2.24) is 24.2 Å². The van der Waals surface area contributed by atoms with Gasteiger partial charge in [-0.05, 0) is 37.1 Å². The van der Waals surface area contributed by atoms with Crippen LogP contribution in [-0.4, -0.2) is 43.2 Å². The van der Waals surface area contributed by atoms with Crippen molar-refractivity contribution in [1.29, 1.82) is 0 Å². The third-order valence-corrected chi connectivity index (χ3v) is 5.62. The first-order valence-electron chi connectivity index (χ1n) is 9.99. The standard InChI is InChI=1S/C22H24F2N6O/c1-14-7-8-30(11-15-10-25-13-28(15)2)12-16(14)20-9-19(27-29(20)3)22(31)26-21-17(23)5-4-6-18(21)24/h4-6,9-10,13H,7-8,11-12H2,1-3H3,(H,26,31). The summed E-state index contributed by atoms with van der Waals surface area (Å²) in [5.41, 5.74) is 3.89. The number of nitrogens with one attached hydrogen (secondary N) is 1. The highest BCUT2D eigenvalue weighted by Crippen LogP contribution is 2.28. The van der Waals surface area contributed by atoms with E-state index in [1.165, 1.54) is 11.6 Å². The van der Waals surface area contributed by atoms with Crippen molar-refractivity contribution >= 4 is 17.2 Å². The van der Waals surface area contributed by atoms with E-state index in [0.29, 0.717) is 6.54 Å². The maximum absolute atomic E-state index is 13.9. The van der Waals surface area contributed by atoms with E-state index in [9.17, 15) is 13.6 Å². The van der Waals surface area contributed by atoms with Crippen LogP contribution in [0, 0.1) is 11.6 Å². The van der Waals surface area contributed by atoms with Gasteiger partial charge in [0, 0.05) is 39.9 Å². The number of hydrogen-bond donors (Lipinski definition) is 1. The lowest BCUT2D eigenvalue weighted by molar-refractivity contribution is 0.102. The van der Waals surface area contributed by atoms with Gasteiger partial charge in [-0.2, -0.15) is 5.10 Å². The van der Waals surface area contributed by atoms with Gasteiger partial charge in [0.1, 0.15) is 17.3 Å². The molecule has 162 valence electrons. The average Bonchev–Trinajstić information content (AvgIpc) is 3.32. The average molecular weight is 426 g/mol. The van der Waals surface area contributed by atoms with Gasteiger partial charge in [0.05, 0.1) is 17.7 Å². The molecule has 1 amide bonds. The van der Waals surface area contributed by atoms with Gasteiger partial charge < -0.3 is 9.88 Å². The third-order valence-electron chi connectivity index (χ3n) is 5.62. The Labute approximate surface area is 179 Å². The molecule has 3 heterocycles. The zero-order chi connectivity index (χ0) is 22.1. The van der Waals surface area contributed by atoms with Crippen molar-refractivity contribution in [3.05, 3.63) is 71.1 Å². The molecule has 9 heteroatoms. The Hall–Kier alpha value is -3.33. The van der Waals surface area contributed by atoms with E-state index < -0.39 is 23.2 Å². The van der Waals surface area contributed by atoms with Crippen molar-refractivity contribution in [2.45, 2.75) is 19.9 Å². The lowest BCUT2D eigenvalue weighted by Gasteiger charge is -2.30. The lowest BCUT2D eigenvalue weighted by atomic mass is 9.98. The highest BCUT2D eigenvalue weighted by atomic mass is 19.1. The first kappa shape index (κ1) is 20.9. The Bertz CT molecular complexity index is 1140. The van der Waals surface area contributed by atoms with Gasteiger partial charge in [0.25, 0.3) is 5.91 Å². The topological polar surface area (TPSA) is 68.0 Å². The van der Waals surface area contributed by atoms with Gasteiger partial charge in [0.2, 0.25) is 0 Å². The molecule has 2 aromatic heterocycles. The Kier molecular flexibility index (Phi) is 5.69. The second kappa shape index (κ2) is 8.43. The highest BCUT2D eigenvalue weighted by Gasteiger charge is 2.23. The van der Waals surface area contributed by atoms with E-state index in [0.717, 1.165) is 48.6 Å². The summed E-state index contributed by atoms with van der Waals surface area (Å²) in [6, 6.07) is 5.10. The van der Waals surface area contributed by atoms with Crippen LogP contribution < -0.4 is 5.32 Å². The van der Waals surface area contributed by atoms with Crippen LogP contribution in [0.25, 0.3) is 5.57 Å². The monoisotopic (exact) mass is 426 g/mol. The minimum Gasteiger partial charge on any atom is -0.337 e. The summed E-state index contributed by atoms with van der Waals surface area (Å²) in [5, 5.41) is 6.58. The van der Waals surface area contributed by atoms with Crippen LogP contribution in [0.1, 0.15) is 35.2 Å². The maximum atomic E-state index is 13.9. The predicted octanol–water partition coefficient (Wildman–Crippen LogP) is 3.36. The van der Waals surface area contributed by atoms with Crippen molar-refractivity contribution < 1.29 is 13.6 Å². The van der Waals surface area contributed by atoms with Crippen LogP contribution in [0.3, 0.4) is 0 Å². The van der Waals surface area contributed by atoms with Crippen LogP contribution in [-0.2, 0) is 20.6 Å². The highest BCUT2D eigenvalue weighted by molar-refractivity contribution is 6.03. The molecule has 0 bridgehead atoms. The fourth-order valence-corrected chi connectivity index (χ4v) is 3.77. The summed E-state index contributed by atoms with van der Waals surface area (Å²) in [5.74, 6) is -2.33. The van der Waals surface area contributed by atoms with Gasteiger partial charge in [-0.15, -0.1) is 0 Å². The molecule has 4 rings (SSSR count). The molecular weight excluding hydrogens is 402 g/mol. The Morgan fingerprint density at radius 1 is 1.23 bits per heavy atom. The summed E-state index contributed by atoms with van der Waals surface area (Å²) >= 11 is 0. The van der Waals surface area contributed by atoms with E-state index in [4.69, 9.17) is 0 Å². The largest absolute Gasteiger partial charge is 0.337 e. The number of aryl methyl sites for hydroxylation is 2. The molecule has 0 radical (unpaired) electrons. The van der Waals surface area contributed by atoms with E-state index in [1.807, 2.05) is 17.8 Å². The quantitative estimate of drug-likeness (QED) is 0.679. The smallest absolute Gasteiger partial charge is 0.276 e. The molecule has 3 aromatic rings. The summed E-state index contributed by atoms with van der Waals surface area (Å²) in [6.07, 6.45) is 4.55. The molecule has 0 unspecified atom stereocenters. The molecule has 31 heavy (non-hydrogen) atoms. The van der Waals surface area contributed by atoms with Crippen molar-refractivity contribution in [3.8, 4) is 0 Å². The molecule has 1 aliphatic rings. The van der Waals surface area contributed by atoms with Crippen LogP contribution >= 0.6 is 0 Å². The van der Waals surface area contributed by atoms with Crippen molar-refractivity contribution in [2.75, 3.05) is 18.4 Å². The van der Waals surface area contributed by atoms with Gasteiger partial charge in [-0.1, -0.05) is 11.6 Å². The molecular formula is C22H24F2N6O. The number of benzene rings is 1. The fourth-order valence-electron chi connectivity index (χ4n) is 3.77. The zero-order valence-corrected chi connectivity index (χ0v) is 17.7. The number of imidazole rings is 1. The number of halogens is 2. The number of nitrogens with zero attached hydrogens (tertiary/aromatic N) is 5. The van der Waals surface area contributed by atoms with Gasteiger partial charge >= 0.3 is 0 Å². The maximum Gasteiger partial charge on any atom is 0.276 e. The van der Waals surface area contributed by atoms with Gasteiger partial charge in [-0.3, -0.25) is 14.4 Å². The van der Waals surface area contributed by atoms with E-state index in [-0.39, 0.29) is 5.69 Å². The molecule has 0 spiro atoms. The summed E-state index contributed by atoms with van der Waals surface area (Å²) in [6.45, 7) is 4.49. The van der Waals surface area contributed by atoms with Crippen LogP contribution in [0.5, 0.6) is 0 Å². The molecule has 0 saturated heterocycles. The Morgan fingerprint density at radius 3 is 2.65 bits per heavy atom. The third kappa shape index (κ3) is 4.27. The second-order valence-electron chi connectivity index (χ2n) is 7.80. The first-order chi connectivity index (χ1) is 14.8. The number of aromatic nitrogens is 4. The normalized spacial score (nSPS) is 14.9. The first-order valence-corrected chi connectivity index (χ1v) is 9.99.